The lowest BCUT2D eigenvalue weighted by Gasteiger charge is -2.12. The minimum Gasteiger partial charge on any atom is -0.328 e. The number of benzene rings is 1. The molecule has 1 aromatic carbocycles. The first kappa shape index (κ1) is 17.6. The Bertz CT molecular complexity index is 571. The average molecular weight is 313 g/mol. The molecule has 0 bridgehead atoms. The summed E-state index contributed by atoms with van der Waals surface area (Å²) in [5.74, 6) is -0.213. The van der Waals surface area contributed by atoms with Crippen LogP contribution in [0.4, 0.5) is 5.69 Å². The topological polar surface area (TPSA) is 101 Å². The number of hydrogen-bond donors (Lipinski definition) is 3. The molecule has 6 nitrogen and oxygen atoms in total. The van der Waals surface area contributed by atoms with Gasteiger partial charge in [-0.1, -0.05) is 19.1 Å². The summed E-state index contributed by atoms with van der Waals surface area (Å²) in [6.45, 7) is 3.88. The first-order valence-electron chi connectivity index (χ1n) is 7.01. The summed E-state index contributed by atoms with van der Waals surface area (Å²) in [5.41, 5.74) is 5.92. The molecule has 0 aliphatic heterocycles. The second-order valence-electron chi connectivity index (χ2n) is 4.92. The largest absolute Gasteiger partial charge is 0.328 e. The van der Waals surface area contributed by atoms with Gasteiger partial charge in [-0.2, -0.15) is 0 Å². The second-order valence-corrected chi connectivity index (χ2v) is 6.65. The Morgan fingerprint density at radius 2 is 2.00 bits per heavy atom. The van der Waals surface area contributed by atoms with Crippen molar-refractivity contribution in [1.82, 2.24) is 4.72 Å². The maximum atomic E-state index is 12.1. The van der Waals surface area contributed by atoms with Gasteiger partial charge in [0.2, 0.25) is 15.9 Å². The Hall–Kier alpha value is -1.44. The minimum absolute atomic E-state index is 0.0548. The van der Waals surface area contributed by atoms with E-state index in [0.717, 1.165) is 6.42 Å². The van der Waals surface area contributed by atoms with Crippen LogP contribution in [-0.2, 0) is 14.8 Å². The predicted octanol–water partition coefficient (Wildman–Crippen LogP) is 1.44. The molecule has 0 aromatic heterocycles. The van der Waals surface area contributed by atoms with Gasteiger partial charge in [0.25, 0.3) is 0 Å². The van der Waals surface area contributed by atoms with Crippen LogP contribution in [0.1, 0.15) is 33.1 Å². The Morgan fingerprint density at radius 3 is 2.62 bits per heavy atom. The summed E-state index contributed by atoms with van der Waals surface area (Å²) >= 11 is 0. The molecule has 1 atom stereocenters. The third kappa shape index (κ3) is 5.82. The average Bonchev–Trinajstić information content (AvgIpc) is 2.38. The van der Waals surface area contributed by atoms with Gasteiger partial charge in [0.1, 0.15) is 4.90 Å². The monoisotopic (exact) mass is 313 g/mol. The third-order valence-corrected chi connectivity index (χ3v) is 4.45. The smallest absolute Gasteiger partial charge is 0.242 e. The molecule has 1 aromatic rings. The van der Waals surface area contributed by atoms with Gasteiger partial charge in [-0.25, -0.2) is 13.1 Å². The van der Waals surface area contributed by atoms with Crippen molar-refractivity contribution in [2.45, 2.75) is 44.0 Å². The molecule has 0 saturated carbocycles. The van der Waals surface area contributed by atoms with Crippen molar-refractivity contribution < 1.29 is 13.2 Å². The van der Waals surface area contributed by atoms with Gasteiger partial charge in [0.15, 0.2) is 0 Å². The molecule has 0 aliphatic rings. The van der Waals surface area contributed by atoms with E-state index in [0.29, 0.717) is 25.1 Å². The maximum absolute atomic E-state index is 12.1. The number of carbonyl (C=O) groups is 1. The molecule has 0 fully saturated rings. The number of rotatable bonds is 8. The minimum atomic E-state index is -3.61. The van der Waals surface area contributed by atoms with Crippen LogP contribution >= 0.6 is 0 Å². The molecule has 1 rings (SSSR count). The predicted molar refractivity (Wildman–Crippen MR) is 83.4 cm³/mol. The van der Waals surface area contributed by atoms with E-state index in [-0.39, 0.29) is 16.8 Å². The highest BCUT2D eigenvalue weighted by Crippen LogP contribution is 2.20. The highest BCUT2D eigenvalue weighted by molar-refractivity contribution is 7.89. The number of hydrogen-bond acceptors (Lipinski definition) is 4. The van der Waals surface area contributed by atoms with E-state index in [4.69, 9.17) is 5.73 Å². The van der Waals surface area contributed by atoms with Gasteiger partial charge < -0.3 is 11.1 Å². The molecule has 0 aliphatic carbocycles. The van der Waals surface area contributed by atoms with Crippen molar-refractivity contribution in [3.63, 3.8) is 0 Å². The molecule has 4 N–H and O–H groups in total. The molecule has 1 amide bonds. The van der Waals surface area contributed by atoms with Crippen molar-refractivity contribution in [1.29, 1.82) is 0 Å². The fourth-order valence-corrected chi connectivity index (χ4v) is 3.07. The first-order chi connectivity index (χ1) is 9.86. The van der Waals surface area contributed by atoms with Gasteiger partial charge in [-0.3, -0.25) is 4.79 Å². The molecule has 0 spiro atoms. The number of sulfonamides is 1. The zero-order valence-corrected chi connectivity index (χ0v) is 13.2. The number of anilines is 1. The highest BCUT2D eigenvalue weighted by atomic mass is 32.2. The second kappa shape index (κ2) is 8.11. The first-order valence-corrected chi connectivity index (χ1v) is 8.49. The summed E-state index contributed by atoms with van der Waals surface area (Å²) in [6.07, 6.45) is 1.74. The van der Waals surface area contributed by atoms with E-state index in [1.165, 1.54) is 6.07 Å². The Morgan fingerprint density at radius 1 is 1.33 bits per heavy atom. The normalized spacial score (nSPS) is 12.9. The van der Waals surface area contributed by atoms with Gasteiger partial charge in [0.05, 0.1) is 5.69 Å². The number of para-hydroxylation sites is 1. The SMILES string of the molecule is CCNS(=O)(=O)c1ccccc1NC(=O)CCCC(C)N. The lowest BCUT2D eigenvalue weighted by Crippen LogP contribution is -2.25. The van der Waals surface area contributed by atoms with Crippen LogP contribution in [0.5, 0.6) is 0 Å². The summed E-state index contributed by atoms with van der Waals surface area (Å²) in [5, 5.41) is 2.65. The maximum Gasteiger partial charge on any atom is 0.242 e. The number of carbonyl (C=O) groups excluding carboxylic acids is 1. The highest BCUT2D eigenvalue weighted by Gasteiger charge is 2.18. The molecular formula is C14H23N3O3S. The Labute approximate surface area is 126 Å². The van der Waals surface area contributed by atoms with Crippen molar-refractivity contribution in [2.24, 2.45) is 5.73 Å². The zero-order valence-electron chi connectivity index (χ0n) is 12.4. The molecule has 7 heteroatoms. The van der Waals surface area contributed by atoms with Gasteiger partial charge in [-0.15, -0.1) is 0 Å². The van der Waals surface area contributed by atoms with Crippen LogP contribution in [0.15, 0.2) is 29.2 Å². The van der Waals surface area contributed by atoms with E-state index >= 15 is 0 Å². The molecule has 0 saturated heterocycles. The van der Waals surface area contributed by atoms with Crippen molar-refractivity contribution >= 4 is 21.6 Å². The fraction of sp³-hybridized carbons (Fsp3) is 0.500. The summed E-state index contributed by atoms with van der Waals surface area (Å²) in [4.78, 5) is 11.9. The molecule has 118 valence electrons. The van der Waals surface area contributed by atoms with E-state index < -0.39 is 10.0 Å². The van der Waals surface area contributed by atoms with Crippen LogP contribution in [0.2, 0.25) is 0 Å². The van der Waals surface area contributed by atoms with Crippen molar-refractivity contribution in [2.75, 3.05) is 11.9 Å². The Kier molecular flexibility index (Phi) is 6.80. The summed E-state index contributed by atoms with van der Waals surface area (Å²) in [7, 11) is -3.61. The van der Waals surface area contributed by atoms with Gasteiger partial charge in [0, 0.05) is 19.0 Å². The van der Waals surface area contributed by atoms with E-state index in [2.05, 4.69) is 10.0 Å². The van der Waals surface area contributed by atoms with Crippen LogP contribution in [0.25, 0.3) is 0 Å². The van der Waals surface area contributed by atoms with Gasteiger partial charge in [-0.05, 0) is 31.9 Å². The molecule has 1 unspecified atom stereocenters. The summed E-state index contributed by atoms with van der Waals surface area (Å²) < 4.78 is 26.5. The fourth-order valence-electron chi connectivity index (χ4n) is 1.87. The lowest BCUT2D eigenvalue weighted by molar-refractivity contribution is -0.116. The quantitative estimate of drug-likeness (QED) is 0.676. The standard InChI is InChI=1S/C14H23N3O3S/c1-3-16-21(19,20)13-9-5-4-8-12(13)17-14(18)10-6-7-11(2)15/h4-5,8-9,11,16H,3,6-7,10,15H2,1-2H3,(H,17,18). The van der Waals surface area contributed by atoms with Crippen molar-refractivity contribution in [3.8, 4) is 0 Å². The van der Waals surface area contributed by atoms with E-state index in [1.54, 1.807) is 25.1 Å². The van der Waals surface area contributed by atoms with Crippen LogP contribution in [0, 0.1) is 0 Å². The number of nitrogens with two attached hydrogens (primary N) is 1. The van der Waals surface area contributed by atoms with Gasteiger partial charge >= 0.3 is 0 Å². The van der Waals surface area contributed by atoms with Crippen LogP contribution < -0.4 is 15.8 Å². The van der Waals surface area contributed by atoms with Crippen LogP contribution in [-0.4, -0.2) is 26.9 Å². The van der Waals surface area contributed by atoms with Crippen LogP contribution in [0.3, 0.4) is 0 Å². The molecule has 21 heavy (non-hydrogen) atoms. The van der Waals surface area contributed by atoms with E-state index in [1.807, 2.05) is 6.92 Å². The molecular weight excluding hydrogens is 290 g/mol. The zero-order chi connectivity index (χ0) is 15.9. The number of amides is 1. The molecule has 0 radical (unpaired) electrons. The Balaban J connectivity index is 2.78. The third-order valence-electron chi connectivity index (χ3n) is 2.85. The lowest BCUT2D eigenvalue weighted by atomic mass is 10.1. The van der Waals surface area contributed by atoms with Crippen molar-refractivity contribution in [3.05, 3.63) is 24.3 Å². The van der Waals surface area contributed by atoms with E-state index in [9.17, 15) is 13.2 Å². The molecule has 0 heterocycles. The summed E-state index contributed by atoms with van der Waals surface area (Å²) in [6, 6.07) is 6.40. The number of nitrogens with one attached hydrogen (secondary N) is 2.